The summed E-state index contributed by atoms with van der Waals surface area (Å²) in [6, 6.07) is 7.33. The van der Waals surface area contributed by atoms with Crippen LogP contribution in [0.5, 0.6) is 46.0 Å². The highest BCUT2D eigenvalue weighted by Crippen LogP contribution is 2.49. The lowest BCUT2D eigenvalue weighted by Gasteiger charge is -2.37. The first-order valence-corrected chi connectivity index (χ1v) is 9.45. The number of hydrogen-bond donors (Lipinski definition) is 8. The molecule has 3 aromatic rings. The zero-order chi connectivity index (χ0) is 24.0. The maximum Gasteiger partial charge on any atom is 0.338 e. The number of carbonyl (C=O) groups excluding carboxylic acids is 1. The lowest BCUT2D eigenvalue weighted by atomic mass is 9.91. The molecule has 11 heteroatoms. The average molecular weight is 458 g/mol. The first-order chi connectivity index (χ1) is 15.6. The van der Waals surface area contributed by atoms with E-state index in [1.807, 2.05) is 0 Å². The topological polar surface area (TPSA) is 197 Å². The molecule has 0 spiro atoms. The number of aliphatic hydroxyl groups excluding tert-OH is 1. The van der Waals surface area contributed by atoms with Gasteiger partial charge < -0.3 is 50.3 Å². The fourth-order valence-electron chi connectivity index (χ4n) is 3.54. The highest BCUT2D eigenvalue weighted by atomic mass is 16.6. The summed E-state index contributed by atoms with van der Waals surface area (Å²) < 4.78 is 11.2. The molecule has 1 aliphatic rings. The van der Waals surface area contributed by atoms with Crippen molar-refractivity contribution in [3.63, 3.8) is 0 Å². The number of phenolic OH excluding ortho intramolecular Hbond substituents is 7. The second-order valence-corrected chi connectivity index (χ2v) is 7.34. The van der Waals surface area contributed by atoms with Crippen LogP contribution >= 0.6 is 0 Å². The smallest absolute Gasteiger partial charge is 0.338 e. The molecule has 11 nitrogen and oxygen atoms in total. The predicted molar refractivity (Wildman–Crippen MR) is 109 cm³/mol. The van der Waals surface area contributed by atoms with Gasteiger partial charge in [-0.2, -0.15) is 0 Å². The Labute approximate surface area is 185 Å². The number of benzene rings is 3. The van der Waals surface area contributed by atoms with E-state index in [1.54, 1.807) is 0 Å². The van der Waals surface area contributed by atoms with E-state index in [4.69, 9.17) is 9.47 Å². The molecule has 0 saturated heterocycles. The van der Waals surface area contributed by atoms with E-state index in [2.05, 4.69) is 0 Å². The van der Waals surface area contributed by atoms with Crippen LogP contribution in [0.4, 0.5) is 0 Å². The van der Waals surface area contributed by atoms with Gasteiger partial charge in [0.1, 0.15) is 23.4 Å². The van der Waals surface area contributed by atoms with E-state index in [9.17, 15) is 45.6 Å². The van der Waals surface area contributed by atoms with E-state index in [-0.39, 0.29) is 28.2 Å². The molecular formula is C22H18O11. The number of phenols is 7. The number of ether oxygens (including phenoxy) is 2. The third-order valence-electron chi connectivity index (χ3n) is 5.14. The van der Waals surface area contributed by atoms with Crippen LogP contribution in [0.1, 0.15) is 33.7 Å². The standard InChI is InChI=1S/C22H18O11/c23-10-6-13(26)17-16(7-10)32-20(8-1-2-11(24)12(25)3-8)21(19(17)30)33-22(31)9-4-14(27)18(29)15(28)5-9/h1-7,19-21,23-30H/t19-,20+,21-/m0/s1. The molecule has 0 saturated carbocycles. The number of rotatable bonds is 3. The lowest BCUT2D eigenvalue weighted by molar-refractivity contribution is -0.0841. The molecule has 172 valence electrons. The van der Waals surface area contributed by atoms with Gasteiger partial charge in [0, 0.05) is 17.7 Å². The SMILES string of the molecule is O=C(O[C@@H]1[C@@H](c2ccc(O)c(O)c2)Oc2cc(O)cc(O)c2[C@@H]1O)c1cc(O)c(O)c(O)c1. The van der Waals surface area contributed by atoms with Gasteiger partial charge in [-0.15, -0.1) is 0 Å². The fraction of sp³-hybridized carbons (Fsp3) is 0.136. The summed E-state index contributed by atoms with van der Waals surface area (Å²) >= 11 is 0. The van der Waals surface area contributed by atoms with Crippen molar-refractivity contribution in [3.8, 4) is 46.0 Å². The minimum Gasteiger partial charge on any atom is -0.508 e. The second kappa shape index (κ2) is 7.88. The summed E-state index contributed by atoms with van der Waals surface area (Å²) in [5, 5.41) is 79.2. The molecule has 0 aromatic heterocycles. The summed E-state index contributed by atoms with van der Waals surface area (Å²) in [5.74, 6) is -5.54. The minimum absolute atomic E-state index is 0.121. The zero-order valence-corrected chi connectivity index (χ0v) is 16.6. The Balaban J connectivity index is 1.77. The molecule has 0 bridgehead atoms. The molecule has 33 heavy (non-hydrogen) atoms. The largest absolute Gasteiger partial charge is 0.508 e. The molecule has 3 atom stereocenters. The van der Waals surface area contributed by atoms with Crippen LogP contribution in [0, 0.1) is 0 Å². The van der Waals surface area contributed by atoms with Crippen LogP contribution < -0.4 is 4.74 Å². The van der Waals surface area contributed by atoms with Gasteiger partial charge in [0.25, 0.3) is 0 Å². The summed E-state index contributed by atoms with van der Waals surface area (Å²) in [6.07, 6.45) is -4.51. The Morgan fingerprint density at radius 2 is 1.45 bits per heavy atom. The van der Waals surface area contributed by atoms with Crippen LogP contribution in [0.3, 0.4) is 0 Å². The van der Waals surface area contributed by atoms with Gasteiger partial charge in [-0.05, 0) is 24.3 Å². The minimum atomic E-state index is -1.68. The number of hydrogen-bond acceptors (Lipinski definition) is 11. The van der Waals surface area contributed by atoms with Crippen molar-refractivity contribution in [1.82, 2.24) is 0 Å². The number of fused-ring (bicyclic) bond motifs is 1. The molecule has 4 rings (SSSR count). The van der Waals surface area contributed by atoms with Crippen molar-refractivity contribution in [2.75, 3.05) is 0 Å². The van der Waals surface area contributed by atoms with Gasteiger partial charge in [0.15, 0.2) is 41.0 Å². The number of esters is 1. The van der Waals surface area contributed by atoms with E-state index < -0.39 is 58.8 Å². The zero-order valence-electron chi connectivity index (χ0n) is 16.6. The van der Waals surface area contributed by atoms with Crippen LogP contribution in [-0.2, 0) is 4.74 Å². The number of aliphatic hydroxyl groups is 1. The summed E-state index contributed by atoms with van der Waals surface area (Å²) in [5.41, 5.74) is -0.392. The van der Waals surface area contributed by atoms with Crippen molar-refractivity contribution in [1.29, 1.82) is 0 Å². The molecule has 3 aromatic carbocycles. The molecule has 8 N–H and O–H groups in total. The highest BCUT2D eigenvalue weighted by Gasteiger charge is 2.43. The van der Waals surface area contributed by atoms with E-state index in [1.165, 1.54) is 6.07 Å². The maximum atomic E-state index is 12.7. The summed E-state index contributed by atoms with van der Waals surface area (Å²) in [6.45, 7) is 0. The van der Waals surface area contributed by atoms with Crippen molar-refractivity contribution in [2.24, 2.45) is 0 Å². The maximum absolute atomic E-state index is 12.7. The lowest BCUT2D eigenvalue weighted by Crippen LogP contribution is -2.38. The first-order valence-electron chi connectivity index (χ1n) is 9.45. The third kappa shape index (κ3) is 3.81. The predicted octanol–water partition coefficient (Wildman–Crippen LogP) is 2.02. The summed E-state index contributed by atoms with van der Waals surface area (Å²) in [7, 11) is 0. The second-order valence-electron chi connectivity index (χ2n) is 7.34. The van der Waals surface area contributed by atoms with Gasteiger partial charge in [-0.1, -0.05) is 6.07 Å². The third-order valence-corrected chi connectivity index (χ3v) is 5.14. The Bertz CT molecular complexity index is 1230. The van der Waals surface area contributed by atoms with Crippen LogP contribution in [0.2, 0.25) is 0 Å². The van der Waals surface area contributed by atoms with Crippen molar-refractivity contribution >= 4 is 5.97 Å². The fourth-order valence-corrected chi connectivity index (χ4v) is 3.54. The Hall–Kier alpha value is -4.51. The summed E-state index contributed by atoms with van der Waals surface area (Å²) in [4.78, 5) is 12.7. The van der Waals surface area contributed by atoms with Gasteiger partial charge >= 0.3 is 5.97 Å². The molecule has 0 radical (unpaired) electrons. The Morgan fingerprint density at radius 3 is 2.09 bits per heavy atom. The number of carbonyl (C=O) groups is 1. The molecule has 1 aliphatic heterocycles. The quantitative estimate of drug-likeness (QED) is 0.211. The van der Waals surface area contributed by atoms with Gasteiger partial charge in [-0.25, -0.2) is 4.79 Å². The Morgan fingerprint density at radius 1 is 0.788 bits per heavy atom. The van der Waals surface area contributed by atoms with Crippen LogP contribution in [0.15, 0.2) is 42.5 Å². The van der Waals surface area contributed by atoms with E-state index in [0.29, 0.717) is 0 Å². The molecular weight excluding hydrogens is 440 g/mol. The molecule has 0 aliphatic carbocycles. The van der Waals surface area contributed by atoms with Gasteiger partial charge in [0.2, 0.25) is 0 Å². The van der Waals surface area contributed by atoms with Crippen LogP contribution in [0.25, 0.3) is 0 Å². The van der Waals surface area contributed by atoms with Crippen molar-refractivity contribution in [2.45, 2.75) is 18.3 Å². The van der Waals surface area contributed by atoms with Gasteiger partial charge in [-0.3, -0.25) is 0 Å². The van der Waals surface area contributed by atoms with E-state index in [0.717, 1.165) is 36.4 Å². The van der Waals surface area contributed by atoms with E-state index >= 15 is 0 Å². The van der Waals surface area contributed by atoms with Crippen LogP contribution in [-0.4, -0.2) is 52.9 Å². The Kier molecular flexibility index (Phi) is 5.18. The number of aromatic hydroxyl groups is 7. The molecule has 0 unspecified atom stereocenters. The van der Waals surface area contributed by atoms with Crippen molar-refractivity contribution < 1.29 is 55.1 Å². The highest BCUT2D eigenvalue weighted by molar-refractivity contribution is 5.91. The first kappa shape index (κ1) is 21.7. The normalized spacial score (nSPS) is 19.4. The van der Waals surface area contributed by atoms with Gasteiger partial charge in [0.05, 0.1) is 11.1 Å². The van der Waals surface area contributed by atoms with Crippen molar-refractivity contribution in [3.05, 3.63) is 59.2 Å². The molecule has 0 fully saturated rings. The monoisotopic (exact) mass is 458 g/mol. The molecule has 1 heterocycles. The molecule has 0 amide bonds. The average Bonchev–Trinajstić information content (AvgIpc) is 2.74.